The van der Waals surface area contributed by atoms with Gasteiger partial charge in [-0.25, -0.2) is 0 Å². The van der Waals surface area contributed by atoms with Crippen LogP contribution in [-0.4, -0.2) is 36.3 Å². The molecule has 0 unspecified atom stereocenters. The number of hydrogen-bond donors (Lipinski definition) is 1. The van der Waals surface area contributed by atoms with Crippen LogP contribution in [0.1, 0.15) is 29.5 Å². The first-order valence-corrected chi connectivity index (χ1v) is 8.97. The van der Waals surface area contributed by atoms with Gasteiger partial charge in [0.2, 0.25) is 6.41 Å². The first kappa shape index (κ1) is 17.5. The molecule has 1 saturated heterocycles. The predicted octanol–water partition coefficient (Wildman–Crippen LogP) is 3.92. The quantitative estimate of drug-likeness (QED) is 0.778. The van der Waals surface area contributed by atoms with Crippen LogP contribution in [0.5, 0.6) is 0 Å². The van der Waals surface area contributed by atoms with Crippen molar-refractivity contribution in [3.63, 3.8) is 0 Å². The maximum Gasteiger partial charge on any atom is 0.209 e. The Morgan fingerprint density at radius 3 is 2.44 bits per heavy atom. The number of nitrogens with one attached hydrogen (secondary N) is 1. The highest BCUT2D eigenvalue weighted by Crippen LogP contribution is 2.22. The van der Waals surface area contributed by atoms with E-state index in [1.54, 1.807) is 11.9 Å². The molecule has 1 aliphatic rings. The smallest absolute Gasteiger partial charge is 0.209 e. The first-order chi connectivity index (χ1) is 12.1. The van der Waals surface area contributed by atoms with Crippen LogP contribution in [0.25, 0.3) is 0 Å². The van der Waals surface area contributed by atoms with Crippen LogP contribution in [0.15, 0.2) is 42.5 Å². The number of carbonyl (C=O) groups is 1. The number of likely N-dealkylation sites (tertiary alicyclic amines) is 1. The molecule has 0 aromatic heterocycles. The summed E-state index contributed by atoms with van der Waals surface area (Å²) in [5.74, 6) is 0. The summed E-state index contributed by atoms with van der Waals surface area (Å²) in [7, 11) is 1.80. The van der Waals surface area contributed by atoms with Crippen LogP contribution in [0.4, 0.5) is 11.4 Å². The lowest BCUT2D eigenvalue weighted by atomic mass is 10.1. The Morgan fingerprint density at radius 1 is 1.08 bits per heavy atom. The highest BCUT2D eigenvalue weighted by atomic mass is 16.1. The first-order valence-electron chi connectivity index (χ1n) is 8.97. The maximum absolute atomic E-state index is 10.9. The fraction of sp³-hybridized carbons (Fsp3) is 0.381. The van der Waals surface area contributed by atoms with Gasteiger partial charge in [0.25, 0.3) is 0 Å². The van der Waals surface area contributed by atoms with E-state index in [0.29, 0.717) is 6.54 Å². The molecular weight excluding hydrogens is 310 g/mol. The Balaban J connectivity index is 1.65. The van der Waals surface area contributed by atoms with Gasteiger partial charge in [-0.3, -0.25) is 9.69 Å². The molecule has 0 spiro atoms. The Morgan fingerprint density at radius 2 is 1.76 bits per heavy atom. The van der Waals surface area contributed by atoms with E-state index in [1.807, 2.05) is 0 Å². The summed E-state index contributed by atoms with van der Waals surface area (Å²) in [6, 6.07) is 15.0. The number of nitrogens with zero attached hydrogens (tertiary/aromatic N) is 2. The highest BCUT2D eigenvalue weighted by Gasteiger charge is 2.11. The molecule has 3 rings (SSSR count). The molecule has 132 valence electrons. The van der Waals surface area contributed by atoms with Gasteiger partial charge in [0, 0.05) is 31.5 Å². The third-order valence-electron chi connectivity index (χ3n) is 4.80. The standard InChI is InChI=1S/C21H27N3O/c1-17-5-8-21(13-19(17)15-23(2)16-25)22-20-9-6-18(7-10-20)14-24-11-3-4-12-24/h5-10,13,16,22H,3-4,11-12,14-15H2,1-2H3. The summed E-state index contributed by atoms with van der Waals surface area (Å²) in [6.45, 7) is 6.19. The van der Waals surface area contributed by atoms with Crippen molar-refractivity contribution >= 4 is 17.8 Å². The zero-order chi connectivity index (χ0) is 17.6. The SMILES string of the molecule is Cc1ccc(Nc2ccc(CN3CCCC3)cc2)cc1CN(C)C=O. The van der Waals surface area contributed by atoms with Gasteiger partial charge in [0.15, 0.2) is 0 Å². The molecule has 0 radical (unpaired) electrons. The second-order valence-electron chi connectivity index (χ2n) is 6.97. The molecule has 1 heterocycles. The summed E-state index contributed by atoms with van der Waals surface area (Å²) < 4.78 is 0. The van der Waals surface area contributed by atoms with Crippen molar-refractivity contribution in [3.05, 3.63) is 59.2 Å². The van der Waals surface area contributed by atoms with Gasteiger partial charge in [0.1, 0.15) is 0 Å². The Kier molecular flexibility index (Phi) is 5.71. The summed E-state index contributed by atoms with van der Waals surface area (Å²) >= 11 is 0. The minimum absolute atomic E-state index is 0.625. The molecule has 1 amide bonds. The number of aryl methyl sites for hydroxylation is 1. The molecule has 1 fully saturated rings. The predicted molar refractivity (Wildman–Crippen MR) is 103 cm³/mol. The highest BCUT2D eigenvalue weighted by molar-refractivity contribution is 5.61. The van der Waals surface area contributed by atoms with Crippen molar-refractivity contribution in [2.75, 3.05) is 25.5 Å². The minimum atomic E-state index is 0.625. The van der Waals surface area contributed by atoms with Gasteiger partial charge >= 0.3 is 0 Å². The lowest BCUT2D eigenvalue weighted by molar-refractivity contribution is -0.117. The summed E-state index contributed by atoms with van der Waals surface area (Å²) in [4.78, 5) is 15.0. The van der Waals surface area contributed by atoms with E-state index in [-0.39, 0.29) is 0 Å². The summed E-state index contributed by atoms with van der Waals surface area (Å²) in [5, 5.41) is 3.46. The van der Waals surface area contributed by atoms with Crippen molar-refractivity contribution < 1.29 is 4.79 Å². The van der Waals surface area contributed by atoms with Crippen molar-refractivity contribution in [2.45, 2.75) is 32.9 Å². The molecule has 4 heteroatoms. The van der Waals surface area contributed by atoms with Crippen LogP contribution in [0.3, 0.4) is 0 Å². The van der Waals surface area contributed by atoms with Gasteiger partial charge in [-0.1, -0.05) is 18.2 Å². The van der Waals surface area contributed by atoms with E-state index in [2.05, 4.69) is 59.6 Å². The van der Waals surface area contributed by atoms with Crippen molar-refractivity contribution in [1.29, 1.82) is 0 Å². The summed E-state index contributed by atoms with van der Waals surface area (Å²) in [6.07, 6.45) is 3.52. The van der Waals surface area contributed by atoms with Gasteiger partial charge in [-0.2, -0.15) is 0 Å². The molecule has 2 aromatic carbocycles. The lowest BCUT2D eigenvalue weighted by Gasteiger charge is -2.16. The maximum atomic E-state index is 10.9. The molecule has 2 aromatic rings. The molecular formula is C21H27N3O. The number of amides is 1. The third-order valence-corrected chi connectivity index (χ3v) is 4.80. The van der Waals surface area contributed by atoms with E-state index in [1.165, 1.54) is 37.1 Å². The van der Waals surface area contributed by atoms with Crippen molar-refractivity contribution in [2.24, 2.45) is 0 Å². The Bertz CT molecular complexity index is 706. The normalized spacial score (nSPS) is 14.5. The van der Waals surface area contributed by atoms with Gasteiger partial charge in [0.05, 0.1) is 0 Å². The number of anilines is 2. The average molecular weight is 337 g/mol. The minimum Gasteiger partial charge on any atom is -0.356 e. The zero-order valence-corrected chi connectivity index (χ0v) is 15.2. The van der Waals surface area contributed by atoms with Gasteiger partial charge in [-0.15, -0.1) is 0 Å². The number of hydrogen-bond acceptors (Lipinski definition) is 3. The van der Waals surface area contributed by atoms with Crippen LogP contribution in [0, 0.1) is 6.92 Å². The zero-order valence-electron chi connectivity index (χ0n) is 15.2. The van der Waals surface area contributed by atoms with E-state index in [4.69, 9.17) is 0 Å². The van der Waals surface area contributed by atoms with Crippen LogP contribution in [-0.2, 0) is 17.9 Å². The molecule has 0 aliphatic carbocycles. The van der Waals surface area contributed by atoms with Crippen LogP contribution in [0.2, 0.25) is 0 Å². The fourth-order valence-electron chi connectivity index (χ4n) is 3.28. The fourth-order valence-corrected chi connectivity index (χ4v) is 3.28. The lowest BCUT2D eigenvalue weighted by Crippen LogP contribution is -2.18. The molecule has 1 aliphatic heterocycles. The van der Waals surface area contributed by atoms with E-state index >= 15 is 0 Å². The molecule has 0 atom stereocenters. The van der Waals surface area contributed by atoms with Crippen molar-refractivity contribution in [3.8, 4) is 0 Å². The van der Waals surface area contributed by atoms with Gasteiger partial charge in [-0.05, 0) is 73.8 Å². The van der Waals surface area contributed by atoms with E-state index < -0.39 is 0 Å². The molecule has 0 bridgehead atoms. The monoisotopic (exact) mass is 337 g/mol. The third kappa shape index (κ3) is 4.83. The second kappa shape index (κ2) is 8.17. The number of rotatable bonds is 7. The number of benzene rings is 2. The number of carbonyl (C=O) groups excluding carboxylic acids is 1. The largest absolute Gasteiger partial charge is 0.356 e. The van der Waals surface area contributed by atoms with Crippen molar-refractivity contribution in [1.82, 2.24) is 9.80 Å². The Hall–Kier alpha value is -2.33. The molecule has 4 nitrogen and oxygen atoms in total. The topological polar surface area (TPSA) is 35.6 Å². The molecule has 1 N–H and O–H groups in total. The van der Waals surface area contributed by atoms with E-state index in [9.17, 15) is 4.79 Å². The van der Waals surface area contributed by atoms with Gasteiger partial charge < -0.3 is 10.2 Å². The van der Waals surface area contributed by atoms with Crippen LogP contribution < -0.4 is 5.32 Å². The molecule has 0 saturated carbocycles. The average Bonchev–Trinajstić information content (AvgIpc) is 3.12. The van der Waals surface area contributed by atoms with E-state index in [0.717, 1.165) is 29.9 Å². The molecule has 25 heavy (non-hydrogen) atoms. The second-order valence-corrected chi connectivity index (χ2v) is 6.97. The Labute approximate surface area is 150 Å². The van der Waals surface area contributed by atoms with Crippen LogP contribution >= 0.6 is 0 Å². The summed E-state index contributed by atoms with van der Waals surface area (Å²) in [5.41, 5.74) is 5.85.